The molecule has 4 aromatic carbocycles. The second-order valence-electron chi connectivity index (χ2n) is 18.2. The minimum atomic E-state index is -1.67. The second kappa shape index (κ2) is 18.7. The molecular weight excluding hydrogens is 881 g/mol. The van der Waals surface area contributed by atoms with Crippen molar-refractivity contribution in [1.82, 2.24) is 15.2 Å². The number of benzene rings is 4. The van der Waals surface area contributed by atoms with Gasteiger partial charge in [0.2, 0.25) is 5.60 Å². The zero-order valence-corrected chi connectivity index (χ0v) is 39.2. The third-order valence-corrected chi connectivity index (χ3v) is 13.0. The van der Waals surface area contributed by atoms with Gasteiger partial charge in [0.25, 0.3) is 11.8 Å². The van der Waals surface area contributed by atoms with Gasteiger partial charge in [0, 0.05) is 22.3 Å². The van der Waals surface area contributed by atoms with E-state index >= 15 is 0 Å². The van der Waals surface area contributed by atoms with Gasteiger partial charge >= 0.3 is 5.97 Å². The number of esters is 1. The fraction of sp³-hybridized carbons (Fsp3) is 0.306. The summed E-state index contributed by atoms with van der Waals surface area (Å²) < 4.78 is 5.82. The lowest BCUT2D eigenvalue weighted by molar-refractivity contribution is -0.899. The first-order valence-corrected chi connectivity index (χ1v) is 23.0. The number of carboxylic acid groups (broad SMARTS) is 1. The number of aromatic hydroxyl groups is 2. The molecule has 15 nitrogen and oxygen atoms in total. The number of anilines is 1. The Balaban J connectivity index is 1.19. The van der Waals surface area contributed by atoms with E-state index in [0.717, 1.165) is 21.6 Å². The molecule has 2 aliphatic rings. The third-order valence-electron chi connectivity index (χ3n) is 10.9. The van der Waals surface area contributed by atoms with E-state index in [1.54, 1.807) is 32.2 Å². The van der Waals surface area contributed by atoms with Crippen LogP contribution in [-0.2, 0) is 40.8 Å². The summed E-state index contributed by atoms with van der Waals surface area (Å²) in [6.45, 7) is 8.62. The summed E-state index contributed by atoms with van der Waals surface area (Å²) in [5.74, 6) is -4.10. The molecule has 2 aliphatic heterocycles. The van der Waals surface area contributed by atoms with Crippen LogP contribution in [0.5, 0.6) is 11.5 Å². The van der Waals surface area contributed by atoms with Crippen molar-refractivity contribution in [2.24, 2.45) is 5.16 Å². The van der Waals surface area contributed by atoms with Gasteiger partial charge in [0.15, 0.2) is 22.3 Å². The summed E-state index contributed by atoms with van der Waals surface area (Å²) in [4.78, 5) is 66.2. The van der Waals surface area contributed by atoms with Crippen LogP contribution in [0.15, 0.2) is 131 Å². The Morgan fingerprint density at radius 3 is 1.97 bits per heavy atom. The molecule has 3 heterocycles. The number of quaternary nitrogens is 1. The molecule has 7 rings (SSSR count). The zero-order valence-electron chi connectivity index (χ0n) is 37.6. The number of rotatable bonds is 16. The smallest absolute Gasteiger partial charge is 0.353 e. The molecule has 1 aromatic heterocycles. The molecular formula is C49H52N6O9S2. The summed E-state index contributed by atoms with van der Waals surface area (Å²) in [6.07, 6.45) is 0. The number of oxime groups is 1. The first-order chi connectivity index (χ1) is 31.2. The Bertz CT molecular complexity index is 2580. The number of thiazole rings is 1. The molecule has 2 atom stereocenters. The van der Waals surface area contributed by atoms with Crippen LogP contribution in [0.4, 0.5) is 5.13 Å². The van der Waals surface area contributed by atoms with Crippen molar-refractivity contribution in [2.45, 2.75) is 69.3 Å². The quantitative estimate of drug-likeness (QED) is 0.0185. The van der Waals surface area contributed by atoms with Crippen LogP contribution in [-0.4, -0.2) is 103 Å². The number of β-lactam (4-membered cyclic amide) rings is 1. The average molecular weight is 933 g/mol. The SMILES string of the molecule is CC(C)(C)OC(=O)C(C)(C)O/N=C(\C(=O)NC1C(=O)N2C(C(=O)[O-])=C(C[N+](C)(C)Cc3ccc(O)c(O)c3)CSC12)c1csc(NC(c2ccccc2)(c2ccccc2)c2ccccc2)n1. The minimum absolute atomic E-state index is 0.0718. The number of phenolic OH excluding ortho intramolecular Hbond substituents is 2. The Hall–Kier alpha value is -6.69. The van der Waals surface area contributed by atoms with E-state index in [-0.39, 0.29) is 45.4 Å². The highest BCUT2D eigenvalue weighted by atomic mass is 32.2. The van der Waals surface area contributed by atoms with Crippen molar-refractivity contribution >= 4 is 57.7 Å². The fourth-order valence-electron chi connectivity index (χ4n) is 7.92. The number of amides is 2. The maximum absolute atomic E-state index is 14.5. The minimum Gasteiger partial charge on any atom is -0.543 e. The third kappa shape index (κ3) is 10.1. The number of hydrogen-bond donors (Lipinski definition) is 4. The Morgan fingerprint density at radius 2 is 1.44 bits per heavy atom. The van der Waals surface area contributed by atoms with Gasteiger partial charge < -0.3 is 44.8 Å². The van der Waals surface area contributed by atoms with Crippen LogP contribution < -0.4 is 15.7 Å². The number of carbonyl (C=O) groups excluding carboxylic acids is 4. The molecule has 4 N–H and O–H groups in total. The molecule has 0 spiro atoms. The summed E-state index contributed by atoms with van der Waals surface area (Å²) >= 11 is 2.50. The number of nitrogens with zero attached hydrogens (tertiary/aromatic N) is 4. The van der Waals surface area contributed by atoms with Gasteiger partial charge in [-0.1, -0.05) is 96.2 Å². The first kappa shape index (κ1) is 47.3. The maximum atomic E-state index is 14.5. The number of thioether (sulfide) groups is 1. The van der Waals surface area contributed by atoms with Gasteiger partial charge in [0.1, 0.15) is 41.3 Å². The van der Waals surface area contributed by atoms with Gasteiger partial charge in [0.05, 0.1) is 25.8 Å². The summed E-state index contributed by atoms with van der Waals surface area (Å²) in [6, 6.07) is 33.0. The highest BCUT2D eigenvalue weighted by Gasteiger charge is 2.54. The molecule has 0 aliphatic carbocycles. The van der Waals surface area contributed by atoms with Crippen molar-refractivity contribution in [1.29, 1.82) is 0 Å². The summed E-state index contributed by atoms with van der Waals surface area (Å²) in [7, 11) is 3.75. The topological polar surface area (TPSA) is 203 Å². The standard InChI is InChI=1S/C49H52N6O9S2/c1-47(2,3)63-45(62)48(4,5)64-53-38(35-29-66-46(50-35)52-49(32-17-11-8-12-18-32,33-19-13-9-14-20-33)34-21-15-10-16-22-34)41(58)51-39-42(59)54-40(44(60)61)31(28-65-43(39)54)27-55(6,7)26-30-23-24-36(56)37(57)25-30/h8-25,29,39,43H,26-28H2,1-7H3,(H4-,50,51,52,53,56,57,58,60,61). The van der Waals surface area contributed by atoms with Crippen molar-refractivity contribution in [3.05, 3.63) is 154 Å². The van der Waals surface area contributed by atoms with Crippen molar-refractivity contribution in [3.63, 3.8) is 0 Å². The predicted octanol–water partition coefficient (Wildman–Crippen LogP) is 5.48. The summed E-state index contributed by atoms with van der Waals surface area (Å²) in [5, 5.41) is 44.4. The first-order valence-electron chi connectivity index (χ1n) is 21.1. The largest absolute Gasteiger partial charge is 0.543 e. The Kier molecular flexibility index (Phi) is 13.4. The number of hydrogen-bond acceptors (Lipinski definition) is 14. The molecule has 66 heavy (non-hydrogen) atoms. The Morgan fingerprint density at radius 1 is 0.864 bits per heavy atom. The highest BCUT2D eigenvalue weighted by Crippen LogP contribution is 2.42. The normalized spacial score (nSPS) is 16.8. The average Bonchev–Trinajstić information content (AvgIpc) is 3.73. The number of aliphatic carboxylic acids is 1. The number of nitrogens with one attached hydrogen (secondary N) is 2. The number of phenols is 2. The molecule has 0 radical (unpaired) electrons. The van der Waals surface area contributed by atoms with Crippen LogP contribution in [0.1, 0.15) is 62.6 Å². The molecule has 1 fully saturated rings. The van der Waals surface area contributed by atoms with E-state index < -0.39 is 51.9 Å². The van der Waals surface area contributed by atoms with E-state index in [1.807, 2.05) is 105 Å². The van der Waals surface area contributed by atoms with Gasteiger partial charge in [-0.2, -0.15) is 0 Å². The van der Waals surface area contributed by atoms with Gasteiger partial charge in [-0.3, -0.25) is 14.5 Å². The monoisotopic (exact) mass is 932 g/mol. The lowest BCUT2D eigenvalue weighted by Crippen LogP contribution is -2.71. The number of ether oxygens (including phenoxy) is 1. The maximum Gasteiger partial charge on any atom is 0.353 e. The Labute approximate surface area is 391 Å². The predicted molar refractivity (Wildman–Crippen MR) is 250 cm³/mol. The molecule has 5 aromatic rings. The number of carboxylic acids is 1. The number of fused-ring (bicyclic) bond motifs is 1. The fourth-order valence-corrected chi connectivity index (χ4v) is 10.0. The van der Waals surface area contributed by atoms with Crippen molar-refractivity contribution in [2.75, 3.05) is 31.7 Å². The van der Waals surface area contributed by atoms with E-state index in [4.69, 9.17) is 14.6 Å². The van der Waals surface area contributed by atoms with Gasteiger partial charge in [-0.25, -0.2) is 9.78 Å². The molecule has 2 unspecified atom stereocenters. The van der Waals surface area contributed by atoms with Gasteiger partial charge in [-0.05, 0) is 69.5 Å². The van der Waals surface area contributed by atoms with Gasteiger partial charge in [-0.15, -0.1) is 23.1 Å². The number of aromatic nitrogens is 1. The van der Waals surface area contributed by atoms with Crippen LogP contribution in [0.3, 0.4) is 0 Å². The van der Waals surface area contributed by atoms with E-state index in [2.05, 4.69) is 15.8 Å². The van der Waals surface area contributed by atoms with E-state index in [9.17, 15) is 34.5 Å². The molecule has 2 amide bonds. The molecule has 1 saturated heterocycles. The summed E-state index contributed by atoms with van der Waals surface area (Å²) in [5.41, 5.74) is -0.0959. The van der Waals surface area contributed by atoms with Crippen LogP contribution in [0, 0.1) is 0 Å². The molecule has 0 saturated carbocycles. The second-order valence-corrected chi connectivity index (χ2v) is 20.2. The molecule has 17 heteroatoms. The lowest BCUT2D eigenvalue weighted by atomic mass is 9.77. The van der Waals surface area contributed by atoms with Crippen molar-refractivity contribution in [3.8, 4) is 11.5 Å². The van der Waals surface area contributed by atoms with Crippen molar-refractivity contribution < 1.29 is 48.6 Å². The van der Waals surface area contributed by atoms with Crippen LogP contribution >= 0.6 is 23.1 Å². The number of likely N-dealkylation sites (N-methyl/N-ethyl adjacent to an activating group) is 1. The van der Waals surface area contributed by atoms with E-state index in [0.29, 0.717) is 22.8 Å². The van der Waals surface area contributed by atoms with Crippen LogP contribution in [0.2, 0.25) is 0 Å². The van der Waals surface area contributed by atoms with E-state index in [1.165, 1.54) is 49.1 Å². The highest BCUT2D eigenvalue weighted by molar-refractivity contribution is 8.00. The lowest BCUT2D eigenvalue weighted by Gasteiger charge is -2.51. The number of carbonyl (C=O) groups is 4. The zero-order chi connectivity index (χ0) is 47.6. The van der Waals surface area contributed by atoms with Crippen LogP contribution in [0.25, 0.3) is 0 Å². The molecule has 0 bridgehead atoms. The molecule has 344 valence electrons.